The molecule has 3 fully saturated rings. The van der Waals surface area contributed by atoms with Gasteiger partial charge in [-0.25, -0.2) is 56.2 Å². The van der Waals surface area contributed by atoms with E-state index in [0.29, 0.717) is 85.5 Å². The summed E-state index contributed by atoms with van der Waals surface area (Å²) >= 11 is 4.16. The van der Waals surface area contributed by atoms with Crippen molar-refractivity contribution in [3.05, 3.63) is 179 Å². The van der Waals surface area contributed by atoms with Crippen LogP contribution in [0.5, 0.6) is 5.75 Å². The maximum atomic E-state index is 12.4. The van der Waals surface area contributed by atoms with E-state index in [1.54, 1.807) is 7.11 Å². The number of nitrogens with zero attached hydrogens (tertiary/aromatic N) is 9. The summed E-state index contributed by atoms with van der Waals surface area (Å²) in [7, 11) is 1.69. The van der Waals surface area contributed by atoms with Crippen LogP contribution in [0.3, 0.4) is 0 Å². The summed E-state index contributed by atoms with van der Waals surface area (Å²) < 4.78 is 16.7. The summed E-state index contributed by atoms with van der Waals surface area (Å²) in [5.74, 6) is 6.22. The molecule has 4 aromatic rings. The Morgan fingerprint density at radius 1 is 0.304 bits per heavy atom. The van der Waals surface area contributed by atoms with Crippen molar-refractivity contribution in [1.29, 1.82) is 0 Å². The SMILES string of the molecule is C=CCn1c(=O)n(CC=C)c(=O)n(CCCC(C)(C)C)c1=O.C=CCn1c(=O)n(CC=C)c(=O)n(CCCC(C)(C)C)c1=O.CC(C)(C)C.CC(C)(C)C.CC(C)(C)C.CC(C)(C)C.CC(C)(C)C.CC(C)(C)C.CC(C)(C)CCCN1CCOCC1.CC(C)(C)CCCN1CCSC1.CC(C)(C)CCCN1CCSCC1.CC(C)(C)c1ccccc1.COc1ccc(CC(C)(C)C)cc1. The lowest BCUT2D eigenvalue weighted by Gasteiger charge is -2.27. The van der Waals surface area contributed by atoms with Crippen LogP contribution in [-0.4, -0.2) is 138 Å². The zero-order valence-electron chi connectivity index (χ0n) is 97.4. The Balaban J connectivity index is -0.000000345. The van der Waals surface area contributed by atoms with Crippen molar-refractivity contribution in [2.75, 3.05) is 95.8 Å². The monoisotopic (exact) mass is 1930 g/mol. The van der Waals surface area contributed by atoms with E-state index in [1.165, 1.54) is 136 Å². The lowest BCUT2D eigenvalue weighted by Crippen LogP contribution is -2.54. The molecule has 2 aromatic carbocycles. The lowest BCUT2D eigenvalue weighted by molar-refractivity contribution is 0.0361. The van der Waals surface area contributed by atoms with Gasteiger partial charge in [0.05, 0.1) is 46.5 Å². The Kier molecular flexibility index (Phi) is 71.3. The molecule has 0 aliphatic carbocycles. The molecule has 2 aromatic heterocycles. The number of methoxy groups -OCH3 is 1. The third-order valence-corrected chi connectivity index (χ3v) is 19.4. The highest BCUT2D eigenvalue weighted by Crippen LogP contribution is 2.28. The largest absolute Gasteiger partial charge is 0.497 e. The fourth-order valence-electron chi connectivity index (χ4n) is 11.5. The molecule has 0 bridgehead atoms. The van der Waals surface area contributed by atoms with Crippen LogP contribution in [0.4, 0.5) is 0 Å². The third kappa shape index (κ3) is 99.9. The van der Waals surface area contributed by atoms with Crippen LogP contribution < -0.4 is 38.9 Å². The molecule has 135 heavy (non-hydrogen) atoms. The molecule has 0 N–H and O–H groups in total. The predicted molar refractivity (Wildman–Crippen MR) is 605 cm³/mol. The van der Waals surface area contributed by atoms with Crippen molar-refractivity contribution in [3.8, 4) is 5.75 Å². The molecule has 0 saturated carbocycles. The highest BCUT2D eigenvalue weighted by atomic mass is 32.2. The van der Waals surface area contributed by atoms with E-state index >= 15 is 0 Å². The first-order chi connectivity index (χ1) is 60.8. The molecule has 790 valence electrons. The molecule has 5 heterocycles. The van der Waals surface area contributed by atoms with Crippen molar-refractivity contribution >= 4 is 23.5 Å². The van der Waals surface area contributed by atoms with Crippen molar-refractivity contribution in [1.82, 2.24) is 42.1 Å². The second-order valence-electron chi connectivity index (χ2n) is 54.2. The van der Waals surface area contributed by atoms with Crippen molar-refractivity contribution in [2.45, 2.75) is 427 Å². The Morgan fingerprint density at radius 2 is 0.541 bits per heavy atom. The fraction of sp³-hybridized carbons (Fsp3) is 0.776. The summed E-state index contributed by atoms with van der Waals surface area (Å²) in [6, 6.07) is 18.8. The van der Waals surface area contributed by atoms with Crippen LogP contribution in [0.25, 0.3) is 0 Å². The number of morpholine rings is 1. The lowest BCUT2D eigenvalue weighted by atomic mass is 9.87. The third-order valence-electron chi connectivity index (χ3n) is 17.4. The molecule has 0 unspecified atom stereocenters. The highest BCUT2D eigenvalue weighted by Gasteiger charge is 2.22. The highest BCUT2D eigenvalue weighted by molar-refractivity contribution is 7.99. The number of thioether (sulfide) groups is 2. The van der Waals surface area contributed by atoms with E-state index in [9.17, 15) is 28.8 Å². The molecule has 19 heteroatoms. The van der Waals surface area contributed by atoms with Gasteiger partial charge in [-0.1, -0.05) is 378 Å². The normalized spacial score (nSPS) is 14.1. The molecule has 3 saturated heterocycles. The zero-order valence-corrected chi connectivity index (χ0v) is 99.0. The van der Waals surface area contributed by atoms with E-state index in [4.69, 9.17) is 9.47 Å². The van der Waals surface area contributed by atoms with Crippen LogP contribution in [0.15, 0.2) is 134 Å². The van der Waals surface area contributed by atoms with Gasteiger partial charge in [-0.05, 0) is 184 Å². The summed E-state index contributed by atoms with van der Waals surface area (Å²) in [4.78, 5) is 81.5. The molecular formula is C116H221N9O8S2. The zero-order chi connectivity index (χ0) is 107. The van der Waals surface area contributed by atoms with Gasteiger partial charge in [-0.3, -0.25) is 9.80 Å². The van der Waals surface area contributed by atoms with Gasteiger partial charge in [0.1, 0.15) is 5.75 Å². The standard InChI is InChI=1S/2C16H25N3O3.C12H18O.C11H23NO.C11H23NS.C10H21NS.C10H14.6C5H12/c2*1-6-10-17-13(20)18(11-7-2)15(22)19(14(17)21)12-8-9-16(3,4)5;1-12(2,3)9-10-5-7-11(13-4)8-6-10;2*1-11(2,3)5-4-6-12-7-9-13-10-8-12;1-10(2,3)5-4-6-11-7-8-12-9-11;1-10(2,3)9-7-5-4-6-8-9;6*1-5(2,3)4/h2*6-7H,1-2,8-12H2,3-5H3;5-8H,9H2,1-4H3;2*4-10H2,1-3H3;4-9H2,1-3H3;4-8H,1-3H3;6*1-4H3. The first kappa shape index (κ1) is 140. The number of hydrogen-bond acceptors (Lipinski definition) is 13. The molecule has 3 aliphatic heterocycles. The first-order valence-corrected chi connectivity index (χ1v) is 53.0. The number of allylic oxidation sites excluding steroid dienone is 4. The van der Waals surface area contributed by atoms with Gasteiger partial charge in [0, 0.05) is 68.9 Å². The minimum atomic E-state index is -0.623. The minimum Gasteiger partial charge on any atom is -0.497 e. The van der Waals surface area contributed by atoms with Crippen LogP contribution in [-0.2, 0) is 55.8 Å². The Hall–Kier alpha value is -5.44. The van der Waals surface area contributed by atoms with E-state index in [1.807, 2.05) is 12.1 Å². The van der Waals surface area contributed by atoms with Crippen LogP contribution in [0.1, 0.15) is 387 Å². The van der Waals surface area contributed by atoms with Gasteiger partial charge in [-0.15, -0.1) is 38.1 Å². The summed E-state index contributed by atoms with van der Waals surface area (Å²) in [5.41, 5.74) is 4.63. The Labute approximate surface area is 842 Å². The maximum Gasteiger partial charge on any atom is 0.336 e. The van der Waals surface area contributed by atoms with E-state index < -0.39 is 34.1 Å². The summed E-state index contributed by atoms with van der Waals surface area (Å²) in [5, 5.41) is 0. The number of rotatable bonds is 25. The Morgan fingerprint density at radius 3 is 0.763 bits per heavy atom. The first-order valence-electron chi connectivity index (χ1n) is 50.7. The van der Waals surface area contributed by atoms with Crippen LogP contribution >= 0.6 is 23.5 Å². The maximum absolute atomic E-state index is 12.4. The average Bonchev–Trinajstić information content (AvgIpc) is 1.08. The van der Waals surface area contributed by atoms with Gasteiger partial charge in [0.15, 0.2) is 0 Å². The number of hydrogen-bond donors (Lipinski definition) is 0. The van der Waals surface area contributed by atoms with E-state index in [0.717, 1.165) is 78.7 Å². The number of aromatic nitrogens is 6. The van der Waals surface area contributed by atoms with Crippen LogP contribution in [0, 0.1) is 65.0 Å². The smallest absolute Gasteiger partial charge is 0.336 e. The minimum absolute atomic E-state index is 0.0777. The second-order valence-corrected chi connectivity index (χ2v) is 56.5. The van der Waals surface area contributed by atoms with Gasteiger partial charge in [-0.2, -0.15) is 11.8 Å². The number of ether oxygens (including phenoxy) is 2. The van der Waals surface area contributed by atoms with E-state index in [-0.39, 0.29) is 37.0 Å². The topological polar surface area (TPSA) is 160 Å². The summed E-state index contributed by atoms with van der Waals surface area (Å²) in [6.07, 6.45) is 18.2. The second kappa shape index (κ2) is 68.7. The van der Waals surface area contributed by atoms with E-state index in [2.05, 4.69) is 419 Å². The molecule has 0 spiro atoms. The van der Waals surface area contributed by atoms with Crippen molar-refractivity contribution in [3.63, 3.8) is 0 Å². The fourth-order valence-corrected chi connectivity index (χ4v) is 13.5. The van der Waals surface area contributed by atoms with Crippen molar-refractivity contribution in [2.24, 2.45) is 65.0 Å². The molecule has 17 nitrogen and oxygen atoms in total. The number of benzene rings is 2. The molecular weight excluding hydrogens is 1710 g/mol. The van der Waals surface area contributed by atoms with Gasteiger partial charge in [0.25, 0.3) is 0 Å². The molecule has 0 atom stereocenters. The Bertz CT molecular complexity index is 3700. The van der Waals surface area contributed by atoms with Crippen molar-refractivity contribution < 1.29 is 9.47 Å². The predicted octanol–water partition coefficient (Wildman–Crippen LogP) is 29.1. The average molecular weight is 1930 g/mol. The summed E-state index contributed by atoms with van der Waals surface area (Å²) in [6.45, 7) is 126. The molecule has 3 aliphatic rings. The van der Waals surface area contributed by atoms with Gasteiger partial charge < -0.3 is 14.4 Å². The molecule has 7 rings (SSSR count). The molecule has 0 amide bonds. The van der Waals surface area contributed by atoms with Gasteiger partial charge >= 0.3 is 34.1 Å². The quantitative estimate of drug-likeness (QED) is 0.0577. The molecule has 0 radical (unpaired) electrons. The van der Waals surface area contributed by atoms with Gasteiger partial charge in [0.2, 0.25) is 0 Å². The van der Waals surface area contributed by atoms with Crippen LogP contribution in [0.2, 0.25) is 0 Å².